The first-order valence-electron chi connectivity index (χ1n) is 5.28. The summed E-state index contributed by atoms with van der Waals surface area (Å²) in [6.07, 6.45) is 3.88. The summed E-state index contributed by atoms with van der Waals surface area (Å²) >= 11 is 0. The highest BCUT2D eigenvalue weighted by Gasteiger charge is 2.13. The number of amides is 1. The lowest BCUT2D eigenvalue weighted by molar-refractivity contribution is 0.0790. The van der Waals surface area contributed by atoms with Gasteiger partial charge in [-0.1, -0.05) is 6.07 Å². The van der Waals surface area contributed by atoms with E-state index in [0.717, 1.165) is 12.1 Å². The minimum atomic E-state index is -0.144. The van der Waals surface area contributed by atoms with E-state index in [1.54, 1.807) is 18.1 Å². The molecule has 0 aliphatic rings. The van der Waals surface area contributed by atoms with Gasteiger partial charge >= 0.3 is 0 Å². The van der Waals surface area contributed by atoms with Gasteiger partial charge in [-0.15, -0.1) is 0 Å². The standard InChI is InChI=1S/C11H13N5O/c1-16(11(17)10-8-13-15-14-10)7-5-9-4-2-3-6-12-9/h2-4,6,8H,5,7H2,1H3,(H,13,14,15). The Labute approximate surface area is 98.7 Å². The van der Waals surface area contributed by atoms with Crippen LogP contribution in [0.15, 0.2) is 30.6 Å². The molecular weight excluding hydrogens is 218 g/mol. The molecule has 1 amide bonds. The molecule has 6 nitrogen and oxygen atoms in total. The van der Waals surface area contributed by atoms with Crippen LogP contribution in [0.2, 0.25) is 0 Å². The van der Waals surface area contributed by atoms with Crippen molar-refractivity contribution in [2.24, 2.45) is 0 Å². The van der Waals surface area contributed by atoms with Gasteiger partial charge in [0.1, 0.15) is 0 Å². The summed E-state index contributed by atoms with van der Waals surface area (Å²) < 4.78 is 0. The first-order chi connectivity index (χ1) is 8.27. The molecule has 0 aliphatic heterocycles. The number of nitrogens with one attached hydrogen (secondary N) is 1. The van der Waals surface area contributed by atoms with Gasteiger partial charge in [0, 0.05) is 31.9 Å². The molecule has 0 saturated carbocycles. The number of H-pyrrole nitrogens is 1. The van der Waals surface area contributed by atoms with E-state index in [-0.39, 0.29) is 5.91 Å². The molecule has 2 heterocycles. The van der Waals surface area contributed by atoms with Crippen LogP contribution in [-0.4, -0.2) is 44.8 Å². The first kappa shape index (κ1) is 11.3. The van der Waals surface area contributed by atoms with Crippen molar-refractivity contribution in [3.8, 4) is 0 Å². The lowest BCUT2D eigenvalue weighted by Crippen LogP contribution is -2.29. The third kappa shape index (κ3) is 2.87. The highest BCUT2D eigenvalue weighted by molar-refractivity contribution is 5.91. The van der Waals surface area contributed by atoms with Gasteiger partial charge in [-0.2, -0.15) is 15.4 Å². The minimum absolute atomic E-state index is 0.144. The number of hydrogen-bond donors (Lipinski definition) is 1. The minimum Gasteiger partial charge on any atom is -0.340 e. The zero-order valence-electron chi connectivity index (χ0n) is 9.50. The Hall–Kier alpha value is -2.24. The van der Waals surface area contributed by atoms with Gasteiger partial charge < -0.3 is 4.90 Å². The Bertz CT molecular complexity index is 468. The maximum Gasteiger partial charge on any atom is 0.275 e. The zero-order valence-corrected chi connectivity index (χ0v) is 9.50. The van der Waals surface area contributed by atoms with Gasteiger partial charge in [-0.05, 0) is 12.1 Å². The molecule has 0 spiro atoms. The van der Waals surface area contributed by atoms with Crippen molar-refractivity contribution in [3.05, 3.63) is 42.0 Å². The van der Waals surface area contributed by atoms with E-state index in [1.165, 1.54) is 6.20 Å². The third-order valence-electron chi connectivity index (χ3n) is 2.41. The number of rotatable bonds is 4. The monoisotopic (exact) mass is 231 g/mol. The number of aromatic amines is 1. The average molecular weight is 231 g/mol. The predicted octanol–water partition coefficient (Wildman–Crippen LogP) is 0.514. The van der Waals surface area contributed by atoms with Crippen LogP contribution in [0.25, 0.3) is 0 Å². The maximum absolute atomic E-state index is 11.8. The lowest BCUT2D eigenvalue weighted by atomic mass is 10.2. The molecule has 0 atom stereocenters. The van der Waals surface area contributed by atoms with Crippen molar-refractivity contribution < 1.29 is 4.79 Å². The van der Waals surface area contributed by atoms with Crippen LogP contribution < -0.4 is 0 Å². The molecule has 88 valence electrons. The Balaban J connectivity index is 1.90. The number of likely N-dealkylation sites (N-methyl/N-ethyl adjacent to an activating group) is 1. The molecule has 2 rings (SSSR count). The number of hydrogen-bond acceptors (Lipinski definition) is 4. The molecule has 0 bridgehead atoms. The van der Waals surface area contributed by atoms with Gasteiger partial charge in [-0.25, -0.2) is 0 Å². The second kappa shape index (κ2) is 5.20. The number of pyridine rings is 1. The highest BCUT2D eigenvalue weighted by atomic mass is 16.2. The molecule has 2 aromatic rings. The third-order valence-corrected chi connectivity index (χ3v) is 2.41. The van der Waals surface area contributed by atoms with Crippen LogP contribution in [0.4, 0.5) is 0 Å². The number of nitrogens with zero attached hydrogens (tertiary/aromatic N) is 4. The topological polar surface area (TPSA) is 74.8 Å². The number of carbonyl (C=O) groups is 1. The van der Waals surface area contributed by atoms with Crippen LogP contribution in [-0.2, 0) is 6.42 Å². The smallest absolute Gasteiger partial charge is 0.275 e. The second-order valence-corrected chi connectivity index (χ2v) is 3.65. The van der Waals surface area contributed by atoms with Crippen molar-refractivity contribution in [1.82, 2.24) is 25.3 Å². The fourth-order valence-corrected chi connectivity index (χ4v) is 1.43. The number of aromatic nitrogens is 4. The Morgan fingerprint density at radius 3 is 3.00 bits per heavy atom. The van der Waals surface area contributed by atoms with Crippen LogP contribution in [0.5, 0.6) is 0 Å². The second-order valence-electron chi connectivity index (χ2n) is 3.65. The van der Waals surface area contributed by atoms with Crippen molar-refractivity contribution in [1.29, 1.82) is 0 Å². The zero-order chi connectivity index (χ0) is 12.1. The van der Waals surface area contributed by atoms with Gasteiger partial charge in [0.05, 0.1) is 6.20 Å². The largest absolute Gasteiger partial charge is 0.340 e. The fraction of sp³-hybridized carbons (Fsp3) is 0.273. The Morgan fingerprint density at radius 1 is 1.47 bits per heavy atom. The van der Waals surface area contributed by atoms with E-state index in [1.807, 2.05) is 18.2 Å². The summed E-state index contributed by atoms with van der Waals surface area (Å²) in [4.78, 5) is 17.6. The molecule has 6 heteroatoms. The Morgan fingerprint density at radius 2 is 2.35 bits per heavy atom. The summed E-state index contributed by atoms with van der Waals surface area (Å²) in [6, 6.07) is 5.74. The maximum atomic E-state index is 11.8. The molecule has 1 N–H and O–H groups in total. The highest BCUT2D eigenvalue weighted by Crippen LogP contribution is 2.00. The molecular formula is C11H13N5O. The van der Waals surface area contributed by atoms with Gasteiger partial charge in [0.15, 0.2) is 5.69 Å². The molecule has 0 saturated heterocycles. The normalized spacial score (nSPS) is 10.2. The van der Waals surface area contributed by atoms with Crippen molar-refractivity contribution >= 4 is 5.91 Å². The van der Waals surface area contributed by atoms with Crippen LogP contribution in [0, 0.1) is 0 Å². The van der Waals surface area contributed by atoms with Gasteiger partial charge in [0.2, 0.25) is 0 Å². The summed E-state index contributed by atoms with van der Waals surface area (Å²) in [7, 11) is 1.74. The lowest BCUT2D eigenvalue weighted by Gasteiger charge is -2.14. The molecule has 0 radical (unpaired) electrons. The van der Waals surface area contributed by atoms with E-state index in [0.29, 0.717) is 12.2 Å². The summed E-state index contributed by atoms with van der Waals surface area (Å²) in [5, 5.41) is 9.78. The van der Waals surface area contributed by atoms with Crippen LogP contribution in [0.3, 0.4) is 0 Å². The Kier molecular flexibility index (Phi) is 3.44. The van der Waals surface area contributed by atoms with E-state index in [2.05, 4.69) is 20.4 Å². The molecule has 0 aromatic carbocycles. The molecule has 2 aromatic heterocycles. The van der Waals surface area contributed by atoms with E-state index >= 15 is 0 Å². The number of carbonyl (C=O) groups excluding carboxylic acids is 1. The van der Waals surface area contributed by atoms with Crippen molar-refractivity contribution in [2.75, 3.05) is 13.6 Å². The van der Waals surface area contributed by atoms with Crippen molar-refractivity contribution in [3.63, 3.8) is 0 Å². The molecule has 0 fully saturated rings. The summed E-state index contributed by atoms with van der Waals surface area (Å²) in [6.45, 7) is 0.600. The summed E-state index contributed by atoms with van der Waals surface area (Å²) in [5.74, 6) is -0.144. The van der Waals surface area contributed by atoms with E-state index < -0.39 is 0 Å². The fourth-order valence-electron chi connectivity index (χ4n) is 1.43. The van der Waals surface area contributed by atoms with Crippen molar-refractivity contribution in [2.45, 2.75) is 6.42 Å². The van der Waals surface area contributed by atoms with Gasteiger partial charge in [0.25, 0.3) is 5.91 Å². The van der Waals surface area contributed by atoms with Crippen LogP contribution in [0.1, 0.15) is 16.2 Å². The van der Waals surface area contributed by atoms with Crippen LogP contribution >= 0.6 is 0 Å². The quantitative estimate of drug-likeness (QED) is 0.832. The first-order valence-corrected chi connectivity index (χ1v) is 5.28. The predicted molar refractivity (Wildman–Crippen MR) is 61.3 cm³/mol. The molecule has 0 unspecified atom stereocenters. The molecule has 0 aliphatic carbocycles. The average Bonchev–Trinajstić information content (AvgIpc) is 2.90. The van der Waals surface area contributed by atoms with E-state index in [9.17, 15) is 4.79 Å². The SMILES string of the molecule is CN(CCc1ccccn1)C(=O)c1cn[nH]n1. The van der Waals surface area contributed by atoms with Gasteiger partial charge in [-0.3, -0.25) is 9.78 Å². The van der Waals surface area contributed by atoms with E-state index in [4.69, 9.17) is 0 Å². The molecule has 17 heavy (non-hydrogen) atoms. The summed E-state index contributed by atoms with van der Waals surface area (Å²) in [5.41, 5.74) is 1.29.